The number of aliphatic hydroxyl groups is 1. The Morgan fingerprint density at radius 2 is 2.10 bits per heavy atom. The standard InChI is InChI=1S/C15H20F2O3/c1-4-5-6-12(14(18)20-3)15(2,19)11-8-7-10(16)9-13(11)17/h7-9,12,19H,4-6H2,1-3H3. The number of unbranched alkanes of at least 4 members (excludes halogenated alkanes) is 1. The van der Waals surface area contributed by atoms with Gasteiger partial charge in [0.2, 0.25) is 0 Å². The molecule has 3 nitrogen and oxygen atoms in total. The van der Waals surface area contributed by atoms with E-state index in [9.17, 15) is 18.7 Å². The number of ether oxygens (including phenoxy) is 1. The lowest BCUT2D eigenvalue weighted by Gasteiger charge is -2.31. The average Bonchev–Trinajstić information content (AvgIpc) is 2.38. The Morgan fingerprint density at radius 1 is 1.45 bits per heavy atom. The molecule has 0 fully saturated rings. The first-order chi connectivity index (χ1) is 9.34. The van der Waals surface area contributed by atoms with Crippen molar-refractivity contribution in [2.45, 2.75) is 38.7 Å². The summed E-state index contributed by atoms with van der Waals surface area (Å²) in [6.07, 6.45) is 1.89. The summed E-state index contributed by atoms with van der Waals surface area (Å²) in [6.45, 7) is 3.29. The third kappa shape index (κ3) is 3.54. The summed E-state index contributed by atoms with van der Waals surface area (Å²) in [4.78, 5) is 11.8. The van der Waals surface area contributed by atoms with Crippen LogP contribution in [0.4, 0.5) is 8.78 Å². The van der Waals surface area contributed by atoms with Gasteiger partial charge in [0.25, 0.3) is 0 Å². The van der Waals surface area contributed by atoms with Crippen LogP contribution in [0.3, 0.4) is 0 Å². The third-order valence-electron chi connectivity index (χ3n) is 3.49. The van der Waals surface area contributed by atoms with Crippen LogP contribution in [0, 0.1) is 17.6 Å². The molecule has 20 heavy (non-hydrogen) atoms. The van der Waals surface area contributed by atoms with Crippen molar-refractivity contribution in [2.75, 3.05) is 7.11 Å². The van der Waals surface area contributed by atoms with Crippen LogP contribution in [-0.4, -0.2) is 18.2 Å². The fraction of sp³-hybridized carbons (Fsp3) is 0.533. The summed E-state index contributed by atoms with van der Waals surface area (Å²) < 4.78 is 31.5. The number of carbonyl (C=O) groups is 1. The van der Waals surface area contributed by atoms with E-state index in [1.165, 1.54) is 14.0 Å². The summed E-state index contributed by atoms with van der Waals surface area (Å²) in [5.74, 6) is -3.11. The smallest absolute Gasteiger partial charge is 0.311 e. The summed E-state index contributed by atoms with van der Waals surface area (Å²) >= 11 is 0. The fourth-order valence-corrected chi connectivity index (χ4v) is 2.27. The first-order valence-electron chi connectivity index (χ1n) is 6.60. The van der Waals surface area contributed by atoms with Crippen molar-refractivity contribution < 1.29 is 23.4 Å². The molecule has 0 aliphatic carbocycles. The highest BCUT2D eigenvalue weighted by molar-refractivity contribution is 5.74. The van der Waals surface area contributed by atoms with Crippen LogP contribution < -0.4 is 0 Å². The van der Waals surface area contributed by atoms with E-state index in [2.05, 4.69) is 4.74 Å². The van der Waals surface area contributed by atoms with E-state index in [4.69, 9.17) is 0 Å². The van der Waals surface area contributed by atoms with Gasteiger partial charge in [-0.2, -0.15) is 0 Å². The second-order valence-corrected chi connectivity index (χ2v) is 4.99. The predicted molar refractivity (Wildman–Crippen MR) is 71.0 cm³/mol. The maximum absolute atomic E-state index is 13.8. The maximum Gasteiger partial charge on any atom is 0.311 e. The zero-order chi connectivity index (χ0) is 15.3. The molecule has 1 rings (SSSR count). The van der Waals surface area contributed by atoms with Gasteiger partial charge in [0.05, 0.1) is 13.0 Å². The lowest BCUT2D eigenvalue weighted by molar-refractivity contribution is -0.156. The second kappa shape index (κ2) is 6.79. The minimum atomic E-state index is -1.75. The number of halogens is 2. The van der Waals surface area contributed by atoms with Gasteiger partial charge >= 0.3 is 5.97 Å². The number of rotatable bonds is 6. The zero-order valence-electron chi connectivity index (χ0n) is 12.0. The van der Waals surface area contributed by atoms with E-state index >= 15 is 0 Å². The van der Waals surface area contributed by atoms with Crippen LogP contribution in [0.15, 0.2) is 18.2 Å². The highest BCUT2D eigenvalue weighted by Gasteiger charge is 2.40. The van der Waals surface area contributed by atoms with E-state index in [0.29, 0.717) is 18.9 Å². The molecule has 5 heteroatoms. The van der Waals surface area contributed by atoms with Crippen molar-refractivity contribution in [3.05, 3.63) is 35.4 Å². The number of hydrogen-bond acceptors (Lipinski definition) is 3. The average molecular weight is 286 g/mol. The number of carbonyl (C=O) groups excluding carboxylic acids is 1. The lowest BCUT2D eigenvalue weighted by Crippen LogP contribution is -2.38. The molecule has 0 saturated heterocycles. The molecule has 2 atom stereocenters. The van der Waals surface area contributed by atoms with Gasteiger partial charge < -0.3 is 9.84 Å². The highest BCUT2D eigenvalue weighted by Crippen LogP contribution is 2.35. The molecule has 0 heterocycles. The normalized spacial score (nSPS) is 15.5. The van der Waals surface area contributed by atoms with E-state index in [-0.39, 0.29) is 5.56 Å². The van der Waals surface area contributed by atoms with Gasteiger partial charge in [-0.25, -0.2) is 8.78 Å². The Bertz CT molecular complexity index is 472. The molecule has 0 spiro atoms. The zero-order valence-corrected chi connectivity index (χ0v) is 12.0. The number of hydrogen-bond donors (Lipinski definition) is 1. The summed E-state index contributed by atoms with van der Waals surface area (Å²) in [5, 5.41) is 10.6. The van der Waals surface area contributed by atoms with Crippen molar-refractivity contribution in [1.29, 1.82) is 0 Å². The molecule has 0 aliphatic rings. The quantitative estimate of drug-likeness (QED) is 0.817. The summed E-state index contributed by atoms with van der Waals surface area (Å²) in [6, 6.07) is 2.91. The van der Waals surface area contributed by atoms with Crippen LogP contribution in [0.2, 0.25) is 0 Å². The van der Waals surface area contributed by atoms with Crippen molar-refractivity contribution >= 4 is 5.97 Å². The lowest BCUT2D eigenvalue weighted by atomic mass is 9.79. The highest BCUT2D eigenvalue weighted by atomic mass is 19.1. The molecule has 2 unspecified atom stereocenters. The van der Waals surface area contributed by atoms with Crippen molar-refractivity contribution in [2.24, 2.45) is 5.92 Å². The molecule has 0 radical (unpaired) electrons. The van der Waals surface area contributed by atoms with Crippen molar-refractivity contribution in [1.82, 2.24) is 0 Å². The van der Waals surface area contributed by atoms with Gasteiger partial charge in [0, 0.05) is 11.6 Å². The van der Waals surface area contributed by atoms with Gasteiger partial charge in [0.1, 0.15) is 17.2 Å². The molecule has 0 saturated carbocycles. The molecule has 0 aromatic heterocycles. The van der Waals surface area contributed by atoms with Gasteiger partial charge in [-0.3, -0.25) is 4.79 Å². The topological polar surface area (TPSA) is 46.5 Å². The first-order valence-corrected chi connectivity index (χ1v) is 6.60. The Labute approximate surface area is 117 Å². The maximum atomic E-state index is 13.8. The SMILES string of the molecule is CCCCC(C(=O)OC)C(C)(O)c1ccc(F)cc1F. The molecule has 0 amide bonds. The van der Waals surface area contributed by atoms with Crippen molar-refractivity contribution in [3.8, 4) is 0 Å². The largest absolute Gasteiger partial charge is 0.469 e. The summed E-state index contributed by atoms with van der Waals surface area (Å²) in [5.41, 5.74) is -1.86. The number of esters is 1. The number of benzene rings is 1. The Kier molecular flexibility index (Phi) is 5.62. The van der Waals surface area contributed by atoms with Gasteiger partial charge in [-0.1, -0.05) is 25.8 Å². The third-order valence-corrected chi connectivity index (χ3v) is 3.49. The van der Waals surface area contributed by atoms with E-state index < -0.39 is 29.1 Å². The van der Waals surface area contributed by atoms with E-state index in [1.54, 1.807) is 0 Å². The molecule has 0 aliphatic heterocycles. The molecule has 0 bridgehead atoms. The molecule has 112 valence electrons. The fourth-order valence-electron chi connectivity index (χ4n) is 2.27. The molecule has 1 N–H and O–H groups in total. The Balaban J connectivity index is 3.16. The van der Waals surface area contributed by atoms with E-state index in [0.717, 1.165) is 18.6 Å². The van der Waals surface area contributed by atoms with Gasteiger partial charge in [-0.15, -0.1) is 0 Å². The summed E-state index contributed by atoms with van der Waals surface area (Å²) in [7, 11) is 1.22. The van der Waals surface area contributed by atoms with Crippen LogP contribution in [-0.2, 0) is 15.1 Å². The molecular weight excluding hydrogens is 266 g/mol. The Hall–Kier alpha value is -1.49. The minimum Gasteiger partial charge on any atom is -0.469 e. The number of methoxy groups -OCH3 is 1. The van der Waals surface area contributed by atoms with Gasteiger partial charge in [-0.05, 0) is 19.4 Å². The minimum absolute atomic E-state index is 0.106. The van der Waals surface area contributed by atoms with Gasteiger partial charge in [0.15, 0.2) is 0 Å². The monoisotopic (exact) mass is 286 g/mol. The van der Waals surface area contributed by atoms with Crippen LogP contribution in [0.1, 0.15) is 38.7 Å². The second-order valence-electron chi connectivity index (χ2n) is 4.99. The molecule has 1 aromatic carbocycles. The molecule has 1 aromatic rings. The van der Waals surface area contributed by atoms with Crippen LogP contribution in [0.5, 0.6) is 0 Å². The molecular formula is C15H20F2O3. The van der Waals surface area contributed by atoms with Crippen LogP contribution in [0.25, 0.3) is 0 Å². The first kappa shape index (κ1) is 16.6. The van der Waals surface area contributed by atoms with Crippen LogP contribution >= 0.6 is 0 Å². The van der Waals surface area contributed by atoms with E-state index in [1.807, 2.05) is 6.92 Å². The Morgan fingerprint density at radius 3 is 2.60 bits per heavy atom. The van der Waals surface area contributed by atoms with Crippen molar-refractivity contribution in [3.63, 3.8) is 0 Å². The predicted octanol–water partition coefficient (Wildman–Crippen LogP) is 3.15.